The first kappa shape index (κ1) is 15.7. The molecule has 1 aliphatic heterocycles. The monoisotopic (exact) mass is 240 g/mol. The summed E-state index contributed by atoms with van der Waals surface area (Å²) >= 11 is 0. The topological polar surface area (TPSA) is 38.0 Å². The van der Waals surface area contributed by atoms with Crippen LogP contribution in [0.1, 0.15) is 12.8 Å². The van der Waals surface area contributed by atoms with Gasteiger partial charge in [0.1, 0.15) is 6.04 Å². The van der Waals surface area contributed by atoms with Crippen LogP contribution in [0, 0.1) is 0 Å². The first-order valence-electron chi connectivity index (χ1n) is 3.56. The quantitative estimate of drug-likeness (QED) is 0.674. The molecule has 2 nitrogen and oxygen atoms in total. The van der Waals surface area contributed by atoms with Crippen molar-refractivity contribution in [3.63, 3.8) is 0 Å². The third kappa shape index (κ3) is 4.90. The molecule has 1 heterocycles. The SMILES string of the molecule is Cl.Cl.N[C@@H]1CCN[C@H](C(F)(F)F)C1. The molecule has 0 radical (unpaired) electrons. The van der Waals surface area contributed by atoms with Crippen molar-refractivity contribution < 1.29 is 13.2 Å². The first-order chi connectivity index (χ1) is 5.00. The van der Waals surface area contributed by atoms with Gasteiger partial charge in [-0.25, -0.2) is 0 Å². The summed E-state index contributed by atoms with van der Waals surface area (Å²) in [4.78, 5) is 0. The fraction of sp³-hybridized carbons (Fsp3) is 1.00. The van der Waals surface area contributed by atoms with E-state index in [0.29, 0.717) is 13.0 Å². The van der Waals surface area contributed by atoms with Crippen molar-refractivity contribution >= 4 is 24.8 Å². The van der Waals surface area contributed by atoms with Crippen LogP contribution in [-0.4, -0.2) is 24.8 Å². The summed E-state index contributed by atoms with van der Waals surface area (Å²) in [5.41, 5.74) is 5.38. The van der Waals surface area contributed by atoms with Crippen molar-refractivity contribution in [2.75, 3.05) is 6.54 Å². The maximum atomic E-state index is 12.0. The highest BCUT2D eigenvalue weighted by atomic mass is 35.5. The summed E-state index contributed by atoms with van der Waals surface area (Å²) in [5.74, 6) is 0. The highest BCUT2D eigenvalue weighted by Gasteiger charge is 2.41. The maximum Gasteiger partial charge on any atom is 0.403 e. The van der Waals surface area contributed by atoms with Crippen LogP contribution in [0.15, 0.2) is 0 Å². The second kappa shape index (κ2) is 5.90. The van der Waals surface area contributed by atoms with Crippen LogP contribution in [0.25, 0.3) is 0 Å². The van der Waals surface area contributed by atoms with Crippen molar-refractivity contribution in [2.45, 2.75) is 31.1 Å². The summed E-state index contributed by atoms with van der Waals surface area (Å²) < 4.78 is 36.0. The molecule has 0 saturated carbocycles. The molecule has 0 spiro atoms. The number of hydrogen-bond acceptors (Lipinski definition) is 2. The van der Waals surface area contributed by atoms with E-state index in [0.717, 1.165) is 0 Å². The lowest BCUT2D eigenvalue weighted by molar-refractivity contribution is -0.161. The van der Waals surface area contributed by atoms with E-state index in [2.05, 4.69) is 5.32 Å². The second-order valence-electron chi connectivity index (χ2n) is 2.83. The molecule has 1 aliphatic rings. The lowest BCUT2D eigenvalue weighted by Crippen LogP contribution is -2.51. The number of rotatable bonds is 0. The molecular formula is C6H13Cl2F3N2. The van der Waals surface area contributed by atoms with Crippen LogP contribution < -0.4 is 11.1 Å². The molecule has 82 valence electrons. The Balaban J connectivity index is 0. The van der Waals surface area contributed by atoms with E-state index in [1.54, 1.807) is 0 Å². The summed E-state index contributed by atoms with van der Waals surface area (Å²) in [7, 11) is 0. The van der Waals surface area contributed by atoms with E-state index in [-0.39, 0.29) is 37.3 Å². The Labute approximate surface area is 87.3 Å². The van der Waals surface area contributed by atoms with E-state index in [9.17, 15) is 13.2 Å². The third-order valence-corrected chi connectivity index (χ3v) is 1.84. The zero-order valence-corrected chi connectivity index (χ0v) is 8.44. The van der Waals surface area contributed by atoms with Gasteiger partial charge in [-0.15, -0.1) is 24.8 Å². The van der Waals surface area contributed by atoms with Gasteiger partial charge in [-0.1, -0.05) is 0 Å². The Morgan fingerprint density at radius 1 is 1.23 bits per heavy atom. The van der Waals surface area contributed by atoms with E-state index in [1.807, 2.05) is 0 Å². The van der Waals surface area contributed by atoms with Gasteiger partial charge in [-0.3, -0.25) is 0 Å². The van der Waals surface area contributed by atoms with Crippen LogP contribution in [0.3, 0.4) is 0 Å². The predicted octanol–water partition coefficient (Wildman–Crippen LogP) is 1.47. The summed E-state index contributed by atoms with van der Waals surface area (Å²) in [6.07, 6.45) is -3.51. The van der Waals surface area contributed by atoms with Gasteiger partial charge in [0.2, 0.25) is 0 Å². The molecule has 0 aromatic carbocycles. The Morgan fingerprint density at radius 3 is 2.08 bits per heavy atom. The summed E-state index contributed by atoms with van der Waals surface area (Å²) in [6.45, 7) is 0.366. The van der Waals surface area contributed by atoms with Crippen LogP contribution in [0.5, 0.6) is 0 Å². The average Bonchev–Trinajstić information content (AvgIpc) is 1.86. The van der Waals surface area contributed by atoms with Gasteiger partial charge in [0.05, 0.1) is 0 Å². The van der Waals surface area contributed by atoms with Crippen LogP contribution in [0.4, 0.5) is 13.2 Å². The van der Waals surface area contributed by atoms with Crippen molar-refractivity contribution in [3.05, 3.63) is 0 Å². The van der Waals surface area contributed by atoms with Crippen LogP contribution >= 0.6 is 24.8 Å². The Kier molecular flexibility index (Phi) is 7.15. The molecule has 0 aromatic rings. The molecule has 3 N–H and O–H groups in total. The van der Waals surface area contributed by atoms with Crippen LogP contribution in [-0.2, 0) is 0 Å². The summed E-state index contributed by atoms with van der Waals surface area (Å²) in [5, 5.41) is 2.38. The molecule has 0 amide bonds. The van der Waals surface area contributed by atoms with Crippen LogP contribution in [0.2, 0.25) is 0 Å². The first-order valence-corrected chi connectivity index (χ1v) is 3.56. The zero-order valence-electron chi connectivity index (χ0n) is 6.80. The molecule has 1 saturated heterocycles. The number of nitrogens with two attached hydrogens (primary N) is 1. The van der Waals surface area contributed by atoms with E-state index < -0.39 is 12.2 Å². The normalized spacial score (nSPS) is 28.6. The molecule has 0 unspecified atom stereocenters. The third-order valence-electron chi connectivity index (χ3n) is 1.84. The van der Waals surface area contributed by atoms with Gasteiger partial charge in [-0.05, 0) is 19.4 Å². The molecule has 7 heteroatoms. The molecule has 1 rings (SSSR count). The van der Waals surface area contributed by atoms with Gasteiger partial charge < -0.3 is 11.1 Å². The lowest BCUT2D eigenvalue weighted by atomic mass is 10.0. The van der Waals surface area contributed by atoms with E-state index >= 15 is 0 Å². The number of halogens is 5. The standard InChI is InChI=1S/C6H11F3N2.2ClH/c7-6(8,9)5-3-4(10)1-2-11-5;;/h4-5,11H,1-3,10H2;2*1H/t4-,5+;;/m1../s1. The maximum absolute atomic E-state index is 12.0. The van der Waals surface area contributed by atoms with Gasteiger partial charge >= 0.3 is 6.18 Å². The smallest absolute Gasteiger partial charge is 0.328 e. The van der Waals surface area contributed by atoms with E-state index in [1.165, 1.54) is 0 Å². The predicted molar refractivity (Wildman–Crippen MR) is 49.6 cm³/mol. The molecule has 13 heavy (non-hydrogen) atoms. The van der Waals surface area contributed by atoms with Gasteiger partial charge in [0, 0.05) is 6.04 Å². The second-order valence-corrected chi connectivity index (χ2v) is 2.83. The average molecular weight is 241 g/mol. The minimum atomic E-state index is -4.14. The molecule has 0 bridgehead atoms. The molecule has 0 aliphatic carbocycles. The Bertz CT molecular complexity index is 142. The fourth-order valence-corrected chi connectivity index (χ4v) is 1.20. The van der Waals surface area contributed by atoms with Crippen molar-refractivity contribution in [1.29, 1.82) is 0 Å². The Hall–Kier alpha value is 0.290. The van der Waals surface area contributed by atoms with E-state index in [4.69, 9.17) is 5.73 Å². The number of alkyl halides is 3. The lowest BCUT2D eigenvalue weighted by Gasteiger charge is -2.29. The minimum absolute atomic E-state index is 0. The van der Waals surface area contributed by atoms with Gasteiger partial charge in [0.25, 0.3) is 0 Å². The molecule has 1 fully saturated rings. The minimum Gasteiger partial charge on any atom is -0.328 e. The highest BCUT2D eigenvalue weighted by molar-refractivity contribution is 5.85. The number of piperidine rings is 1. The highest BCUT2D eigenvalue weighted by Crippen LogP contribution is 2.25. The van der Waals surface area contributed by atoms with Crippen molar-refractivity contribution in [1.82, 2.24) is 5.32 Å². The molecule has 2 atom stereocenters. The Morgan fingerprint density at radius 2 is 1.77 bits per heavy atom. The fourth-order valence-electron chi connectivity index (χ4n) is 1.20. The molecular weight excluding hydrogens is 228 g/mol. The van der Waals surface area contributed by atoms with Crippen molar-refractivity contribution in [3.8, 4) is 0 Å². The largest absolute Gasteiger partial charge is 0.403 e. The van der Waals surface area contributed by atoms with Gasteiger partial charge in [-0.2, -0.15) is 13.2 Å². The number of hydrogen-bond donors (Lipinski definition) is 2. The van der Waals surface area contributed by atoms with Gasteiger partial charge in [0.15, 0.2) is 0 Å². The zero-order chi connectivity index (χ0) is 8.48. The van der Waals surface area contributed by atoms with Crippen molar-refractivity contribution in [2.24, 2.45) is 5.73 Å². The molecule has 0 aromatic heterocycles. The summed E-state index contributed by atoms with van der Waals surface area (Å²) in [6, 6.07) is -1.70. The number of nitrogens with one attached hydrogen (secondary N) is 1.